The van der Waals surface area contributed by atoms with Gasteiger partial charge in [0.2, 0.25) is 0 Å². The summed E-state index contributed by atoms with van der Waals surface area (Å²) in [6, 6.07) is 11.5. The van der Waals surface area contributed by atoms with Crippen molar-refractivity contribution in [1.82, 2.24) is 10.3 Å². The Labute approximate surface area is 137 Å². The van der Waals surface area contributed by atoms with Crippen molar-refractivity contribution >= 4 is 11.7 Å². The maximum absolute atomic E-state index is 12.0. The van der Waals surface area contributed by atoms with Gasteiger partial charge < -0.3 is 15.0 Å². The number of amides is 1. The molecule has 0 radical (unpaired) electrons. The molecule has 2 aromatic rings. The van der Waals surface area contributed by atoms with Gasteiger partial charge in [-0.05, 0) is 43.7 Å². The molecule has 0 aliphatic rings. The third kappa shape index (κ3) is 4.45. The van der Waals surface area contributed by atoms with Gasteiger partial charge >= 0.3 is 0 Å². The minimum Gasteiger partial charge on any atom is -0.491 e. The average molecular weight is 313 g/mol. The van der Waals surface area contributed by atoms with Crippen molar-refractivity contribution in [3.05, 3.63) is 53.7 Å². The van der Waals surface area contributed by atoms with E-state index in [0.29, 0.717) is 17.9 Å². The molecule has 1 aromatic carbocycles. The molecule has 0 saturated heterocycles. The first kappa shape index (κ1) is 16.8. The van der Waals surface area contributed by atoms with Crippen LogP contribution in [0, 0.1) is 0 Å². The van der Waals surface area contributed by atoms with Gasteiger partial charge in [0.15, 0.2) is 0 Å². The zero-order valence-electron chi connectivity index (χ0n) is 14.0. The molecule has 1 heterocycles. The summed E-state index contributed by atoms with van der Waals surface area (Å²) >= 11 is 0. The second-order valence-electron chi connectivity index (χ2n) is 5.62. The van der Waals surface area contributed by atoms with Crippen LogP contribution >= 0.6 is 0 Å². The maximum Gasteiger partial charge on any atom is 0.254 e. The Balaban J connectivity index is 2.19. The fourth-order valence-electron chi connectivity index (χ4n) is 2.35. The summed E-state index contributed by atoms with van der Waals surface area (Å²) in [5.74, 6) is 1.36. The van der Waals surface area contributed by atoms with E-state index in [4.69, 9.17) is 4.74 Å². The van der Waals surface area contributed by atoms with Crippen LogP contribution in [-0.2, 0) is 6.54 Å². The number of rotatable bonds is 6. The van der Waals surface area contributed by atoms with Crippen LogP contribution in [0.15, 0.2) is 42.6 Å². The van der Waals surface area contributed by atoms with Gasteiger partial charge in [0, 0.05) is 26.8 Å². The Morgan fingerprint density at radius 2 is 2.09 bits per heavy atom. The predicted molar refractivity (Wildman–Crippen MR) is 91.9 cm³/mol. The van der Waals surface area contributed by atoms with Crippen LogP contribution in [0.3, 0.4) is 0 Å². The number of hydrogen-bond acceptors (Lipinski definition) is 4. The van der Waals surface area contributed by atoms with Crippen LogP contribution in [-0.4, -0.2) is 31.1 Å². The number of aromatic nitrogens is 1. The van der Waals surface area contributed by atoms with E-state index in [1.54, 1.807) is 25.4 Å². The summed E-state index contributed by atoms with van der Waals surface area (Å²) in [5, 5.41) is 2.65. The van der Waals surface area contributed by atoms with Crippen molar-refractivity contribution in [1.29, 1.82) is 0 Å². The topological polar surface area (TPSA) is 54.5 Å². The number of nitrogens with zero attached hydrogens (tertiary/aromatic N) is 2. The van der Waals surface area contributed by atoms with E-state index in [9.17, 15) is 4.79 Å². The number of carbonyl (C=O) groups excluding carboxylic acids is 1. The maximum atomic E-state index is 12.0. The molecule has 0 bridgehead atoms. The summed E-state index contributed by atoms with van der Waals surface area (Å²) in [4.78, 5) is 18.3. The monoisotopic (exact) mass is 313 g/mol. The fourth-order valence-corrected chi connectivity index (χ4v) is 2.35. The van der Waals surface area contributed by atoms with Gasteiger partial charge in [-0.2, -0.15) is 0 Å². The summed E-state index contributed by atoms with van der Waals surface area (Å²) < 4.78 is 5.72. The number of benzene rings is 1. The first-order valence-corrected chi connectivity index (χ1v) is 7.65. The molecule has 122 valence electrons. The molecule has 0 atom stereocenters. The van der Waals surface area contributed by atoms with Crippen LogP contribution in [0.1, 0.15) is 29.8 Å². The Morgan fingerprint density at radius 1 is 1.30 bits per heavy atom. The van der Waals surface area contributed by atoms with E-state index in [1.165, 1.54) is 0 Å². The summed E-state index contributed by atoms with van der Waals surface area (Å²) in [5.41, 5.74) is 1.66. The third-order valence-corrected chi connectivity index (χ3v) is 3.31. The molecule has 0 fully saturated rings. The van der Waals surface area contributed by atoms with E-state index in [0.717, 1.165) is 11.3 Å². The Hall–Kier alpha value is -2.56. The molecule has 0 aliphatic carbocycles. The zero-order valence-corrected chi connectivity index (χ0v) is 14.0. The third-order valence-electron chi connectivity index (χ3n) is 3.31. The second-order valence-corrected chi connectivity index (χ2v) is 5.62. The number of hydrogen-bond donors (Lipinski definition) is 1. The first-order chi connectivity index (χ1) is 11.0. The summed E-state index contributed by atoms with van der Waals surface area (Å²) in [6.45, 7) is 4.64. The molecule has 1 amide bonds. The quantitative estimate of drug-likeness (QED) is 0.891. The molecule has 1 N–H and O–H groups in total. The average Bonchev–Trinajstić information content (AvgIpc) is 2.53. The van der Waals surface area contributed by atoms with E-state index >= 15 is 0 Å². The van der Waals surface area contributed by atoms with Crippen LogP contribution in [0.25, 0.3) is 0 Å². The lowest BCUT2D eigenvalue weighted by Crippen LogP contribution is -2.25. The number of pyridine rings is 1. The Morgan fingerprint density at radius 3 is 2.78 bits per heavy atom. The van der Waals surface area contributed by atoms with Gasteiger partial charge in [0.25, 0.3) is 5.91 Å². The molecular weight excluding hydrogens is 290 g/mol. The highest BCUT2D eigenvalue weighted by Crippen LogP contribution is 2.20. The summed E-state index contributed by atoms with van der Waals surface area (Å²) in [6.07, 6.45) is 1.83. The van der Waals surface area contributed by atoms with Crippen molar-refractivity contribution in [2.75, 3.05) is 19.0 Å². The normalized spacial score (nSPS) is 10.5. The predicted octanol–water partition coefficient (Wildman–Crippen LogP) is 2.86. The molecule has 23 heavy (non-hydrogen) atoms. The number of ether oxygens (including phenoxy) is 1. The molecule has 0 aliphatic heterocycles. The van der Waals surface area contributed by atoms with Crippen LogP contribution in [0.2, 0.25) is 0 Å². The van der Waals surface area contributed by atoms with Crippen molar-refractivity contribution in [2.45, 2.75) is 26.5 Å². The minimum atomic E-state index is -0.142. The van der Waals surface area contributed by atoms with E-state index in [1.807, 2.05) is 50.1 Å². The fraction of sp³-hybridized carbons (Fsp3) is 0.333. The molecule has 0 saturated carbocycles. The van der Waals surface area contributed by atoms with Gasteiger partial charge in [-0.1, -0.05) is 12.1 Å². The van der Waals surface area contributed by atoms with Crippen molar-refractivity contribution < 1.29 is 9.53 Å². The molecule has 5 heteroatoms. The number of nitrogens with one attached hydrogen (secondary N) is 1. The highest BCUT2D eigenvalue weighted by molar-refractivity contribution is 5.98. The Kier molecular flexibility index (Phi) is 5.57. The second kappa shape index (κ2) is 7.63. The SMILES string of the molecule is CNC(=O)c1cccnc1N(C)Cc1cccc(OC(C)C)c1. The first-order valence-electron chi connectivity index (χ1n) is 7.65. The van der Waals surface area contributed by atoms with Crippen LogP contribution < -0.4 is 15.0 Å². The van der Waals surface area contributed by atoms with Crippen molar-refractivity contribution in [2.24, 2.45) is 0 Å². The Bertz CT molecular complexity index is 671. The minimum absolute atomic E-state index is 0.138. The largest absolute Gasteiger partial charge is 0.491 e. The lowest BCUT2D eigenvalue weighted by Gasteiger charge is -2.21. The molecule has 2 rings (SSSR count). The van der Waals surface area contributed by atoms with Gasteiger partial charge in [-0.25, -0.2) is 4.98 Å². The molecule has 5 nitrogen and oxygen atoms in total. The van der Waals surface area contributed by atoms with Crippen molar-refractivity contribution in [3.8, 4) is 5.75 Å². The molecule has 1 aromatic heterocycles. The van der Waals surface area contributed by atoms with Gasteiger partial charge in [0.05, 0.1) is 11.7 Å². The van der Waals surface area contributed by atoms with Crippen LogP contribution in [0.4, 0.5) is 5.82 Å². The van der Waals surface area contributed by atoms with E-state index < -0.39 is 0 Å². The van der Waals surface area contributed by atoms with E-state index in [-0.39, 0.29) is 12.0 Å². The smallest absolute Gasteiger partial charge is 0.254 e. The molecule has 0 unspecified atom stereocenters. The summed E-state index contributed by atoms with van der Waals surface area (Å²) in [7, 11) is 3.54. The van der Waals surface area contributed by atoms with Gasteiger partial charge in [-0.3, -0.25) is 4.79 Å². The molecule has 0 spiro atoms. The van der Waals surface area contributed by atoms with Gasteiger partial charge in [-0.15, -0.1) is 0 Å². The van der Waals surface area contributed by atoms with Crippen LogP contribution in [0.5, 0.6) is 5.75 Å². The zero-order chi connectivity index (χ0) is 16.8. The van der Waals surface area contributed by atoms with E-state index in [2.05, 4.69) is 10.3 Å². The lowest BCUT2D eigenvalue weighted by molar-refractivity contribution is 0.0963. The number of anilines is 1. The lowest BCUT2D eigenvalue weighted by atomic mass is 10.2. The number of carbonyl (C=O) groups is 1. The standard InChI is InChI=1S/C18H23N3O2/c1-13(2)23-15-8-5-7-14(11-15)12-21(4)17-16(18(22)19-3)9-6-10-20-17/h5-11,13H,12H2,1-4H3,(H,19,22). The molecular formula is C18H23N3O2. The van der Waals surface area contributed by atoms with Gasteiger partial charge in [0.1, 0.15) is 11.6 Å². The highest BCUT2D eigenvalue weighted by Gasteiger charge is 2.14. The highest BCUT2D eigenvalue weighted by atomic mass is 16.5. The van der Waals surface area contributed by atoms with Crippen molar-refractivity contribution in [3.63, 3.8) is 0 Å².